The van der Waals surface area contributed by atoms with Crippen LogP contribution in [0.25, 0.3) is 0 Å². The lowest BCUT2D eigenvalue weighted by Crippen LogP contribution is -2.48. The summed E-state index contributed by atoms with van der Waals surface area (Å²) in [5, 5.41) is 13.6. The third kappa shape index (κ3) is 6.42. The van der Waals surface area contributed by atoms with Gasteiger partial charge in [-0.05, 0) is 30.2 Å². The van der Waals surface area contributed by atoms with Gasteiger partial charge in [0.1, 0.15) is 12.4 Å². The van der Waals surface area contributed by atoms with Crippen LogP contribution in [0.1, 0.15) is 29.9 Å². The van der Waals surface area contributed by atoms with Crippen LogP contribution in [0.2, 0.25) is 0 Å². The molecule has 0 bridgehead atoms. The Morgan fingerprint density at radius 3 is 3.07 bits per heavy atom. The smallest absolute Gasteiger partial charge is 0.191 e. The molecule has 2 aromatic rings. The number of rotatable bonds is 7. The molecule has 0 aliphatic carbocycles. The number of halogens is 1. The van der Waals surface area contributed by atoms with Crippen LogP contribution in [-0.2, 0) is 30.7 Å². The number of fused-ring (bicyclic) bond motifs is 1. The Morgan fingerprint density at radius 2 is 2.37 bits per heavy atom. The average molecular weight is 504 g/mol. The molecule has 0 spiro atoms. The van der Waals surface area contributed by atoms with Gasteiger partial charge in [0.05, 0.1) is 6.54 Å². The Kier molecular flexibility index (Phi) is 8.97. The molecule has 0 fully saturated rings. The molecule has 9 heteroatoms. The van der Waals surface area contributed by atoms with Crippen LogP contribution in [-0.4, -0.2) is 47.5 Å². The average Bonchev–Trinajstić information content (AvgIpc) is 3.27. The lowest BCUT2D eigenvalue weighted by Gasteiger charge is -2.26. The zero-order chi connectivity index (χ0) is 18.4. The lowest BCUT2D eigenvalue weighted by atomic mass is 10.1. The van der Waals surface area contributed by atoms with Crippen molar-refractivity contribution in [1.82, 2.24) is 25.4 Å². The monoisotopic (exact) mass is 504 g/mol. The summed E-state index contributed by atoms with van der Waals surface area (Å²) in [5.41, 5.74) is 0. The predicted molar refractivity (Wildman–Crippen MR) is 120 cm³/mol. The molecule has 1 aliphatic heterocycles. The highest BCUT2D eigenvalue weighted by molar-refractivity contribution is 14.0. The minimum atomic E-state index is 0. The SMILES string of the molecule is CN=C(NCC(C)Cc1cccs1)NC1CCc2nc(COC)nn2C1.I. The molecule has 2 aromatic heterocycles. The molecule has 150 valence electrons. The van der Waals surface area contributed by atoms with Gasteiger partial charge in [-0.2, -0.15) is 5.10 Å². The first-order valence-corrected chi connectivity index (χ1v) is 9.97. The van der Waals surface area contributed by atoms with Crippen LogP contribution >= 0.6 is 35.3 Å². The number of methoxy groups -OCH3 is 1. The summed E-state index contributed by atoms with van der Waals surface area (Å²) in [4.78, 5) is 10.3. The zero-order valence-corrected chi connectivity index (χ0v) is 19.3. The third-order valence-corrected chi connectivity index (χ3v) is 5.39. The van der Waals surface area contributed by atoms with Crippen molar-refractivity contribution >= 4 is 41.3 Å². The molecule has 2 unspecified atom stereocenters. The Labute approximate surface area is 182 Å². The van der Waals surface area contributed by atoms with Gasteiger partial charge in [0.15, 0.2) is 11.8 Å². The van der Waals surface area contributed by atoms with Gasteiger partial charge < -0.3 is 15.4 Å². The highest BCUT2D eigenvalue weighted by Gasteiger charge is 2.22. The minimum absolute atomic E-state index is 0. The molecule has 7 nitrogen and oxygen atoms in total. The van der Waals surface area contributed by atoms with Gasteiger partial charge in [-0.3, -0.25) is 4.99 Å². The topological polar surface area (TPSA) is 76.4 Å². The summed E-state index contributed by atoms with van der Waals surface area (Å²) in [6.45, 7) is 4.43. The molecule has 27 heavy (non-hydrogen) atoms. The van der Waals surface area contributed by atoms with Gasteiger partial charge in [0, 0.05) is 38.0 Å². The van der Waals surface area contributed by atoms with Crippen LogP contribution in [0.15, 0.2) is 22.5 Å². The number of nitrogens with zero attached hydrogens (tertiary/aromatic N) is 4. The normalized spacial score (nSPS) is 17.7. The Hall–Kier alpha value is -1.20. The van der Waals surface area contributed by atoms with Gasteiger partial charge in [0.25, 0.3) is 0 Å². The number of aromatic nitrogens is 3. The van der Waals surface area contributed by atoms with E-state index in [0.717, 1.165) is 50.0 Å². The van der Waals surface area contributed by atoms with E-state index >= 15 is 0 Å². The number of hydrogen-bond acceptors (Lipinski definition) is 5. The van der Waals surface area contributed by atoms with E-state index < -0.39 is 0 Å². The van der Waals surface area contributed by atoms with Gasteiger partial charge in [-0.25, -0.2) is 9.67 Å². The van der Waals surface area contributed by atoms with E-state index in [2.05, 4.69) is 50.1 Å². The number of aliphatic imine (C=N–C) groups is 1. The summed E-state index contributed by atoms with van der Waals surface area (Å²) < 4.78 is 7.11. The fraction of sp³-hybridized carbons (Fsp3) is 0.611. The first-order valence-electron chi connectivity index (χ1n) is 9.09. The fourth-order valence-electron chi connectivity index (χ4n) is 3.17. The maximum atomic E-state index is 5.12. The van der Waals surface area contributed by atoms with E-state index in [1.807, 2.05) is 23.1 Å². The van der Waals surface area contributed by atoms with Crippen LogP contribution in [0.4, 0.5) is 0 Å². The first-order chi connectivity index (χ1) is 12.7. The standard InChI is InChI=1S/C18H28N6OS.HI/c1-13(9-15-5-4-8-26-15)10-20-18(19-2)21-14-6-7-17-22-16(12-25-3)23-24(17)11-14;/h4-5,8,13-14H,6-7,9-12H2,1-3H3,(H2,19,20,21);1H. The van der Waals surface area contributed by atoms with E-state index in [-0.39, 0.29) is 24.0 Å². The highest BCUT2D eigenvalue weighted by atomic mass is 127. The molecule has 0 radical (unpaired) electrons. The van der Waals surface area contributed by atoms with Gasteiger partial charge >= 0.3 is 0 Å². The maximum absolute atomic E-state index is 5.12. The number of ether oxygens (including phenoxy) is 1. The summed E-state index contributed by atoms with van der Waals surface area (Å²) in [7, 11) is 3.49. The largest absolute Gasteiger partial charge is 0.377 e. The van der Waals surface area contributed by atoms with E-state index in [1.54, 1.807) is 7.11 Å². The van der Waals surface area contributed by atoms with Crippen LogP contribution in [0.5, 0.6) is 0 Å². The third-order valence-electron chi connectivity index (χ3n) is 4.49. The Morgan fingerprint density at radius 1 is 1.52 bits per heavy atom. The maximum Gasteiger partial charge on any atom is 0.191 e. The molecule has 0 saturated carbocycles. The van der Waals surface area contributed by atoms with Gasteiger partial charge in [-0.15, -0.1) is 35.3 Å². The quantitative estimate of drug-likeness (QED) is 0.344. The summed E-state index contributed by atoms with van der Waals surface area (Å²) in [6.07, 6.45) is 3.03. The van der Waals surface area contributed by atoms with Gasteiger partial charge in [-0.1, -0.05) is 13.0 Å². The van der Waals surface area contributed by atoms with Crippen molar-refractivity contribution in [2.75, 3.05) is 20.7 Å². The second kappa shape index (κ2) is 11.0. The molecule has 3 heterocycles. The predicted octanol–water partition coefficient (Wildman–Crippen LogP) is 2.46. The molecule has 0 amide bonds. The summed E-state index contributed by atoms with van der Waals surface area (Å²) >= 11 is 1.82. The number of hydrogen-bond donors (Lipinski definition) is 2. The molecule has 0 saturated heterocycles. The first kappa shape index (κ1) is 22.1. The van der Waals surface area contributed by atoms with Crippen LogP contribution in [0, 0.1) is 5.92 Å². The number of nitrogens with one attached hydrogen (secondary N) is 2. The second-order valence-electron chi connectivity index (χ2n) is 6.78. The van der Waals surface area contributed by atoms with E-state index in [4.69, 9.17) is 4.74 Å². The molecule has 2 N–H and O–H groups in total. The molecular weight excluding hydrogens is 475 g/mol. The Bertz CT molecular complexity index is 718. The highest BCUT2D eigenvalue weighted by Crippen LogP contribution is 2.15. The lowest BCUT2D eigenvalue weighted by molar-refractivity contribution is 0.177. The van der Waals surface area contributed by atoms with Crippen molar-refractivity contribution in [2.45, 2.75) is 45.4 Å². The van der Waals surface area contributed by atoms with E-state index in [0.29, 0.717) is 18.6 Å². The zero-order valence-electron chi connectivity index (χ0n) is 16.1. The van der Waals surface area contributed by atoms with Gasteiger partial charge in [0.2, 0.25) is 0 Å². The molecule has 2 atom stereocenters. The molecule has 1 aliphatic rings. The minimum Gasteiger partial charge on any atom is -0.377 e. The van der Waals surface area contributed by atoms with Crippen molar-refractivity contribution in [3.8, 4) is 0 Å². The van der Waals surface area contributed by atoms with E-state index in [1.165, 1.54) is 4.88 Å². The number of thiophene rings is 1. The van der Waals surface area contributed by atoms with Crippen LogP contribution < -0.4 is 10.6 Å². The van der Waals surface area contributed by atoms with Crippen molar-refractivity contribution in [3.05, 3.63) is 34.0 Å². The second-order valence-corrected chi connectivity index (χ2v) is 7.81. The van der Waals surface area contributed by atoms with Crippen molar-refractivity contribution in [3.63, 3.8) is 0 Å². The molecule has 3 rings (SSSR count). The van der Waals surface area contributed by atoms with Crippen LogP contribution in [0.3, 0.4) is 0 Å². The van der Waals surface area contributed by atoms with Crippen molar-refractivity contribution in [1.29, 1.82) is 0 Å². The number of aryl methyl sites for hydroxylation is 1. The van der Waals surface area contributed by atoms with E-state index in [9.17, 15) is 0 Å². The molecular formula is C18H29IN6OS. The summed E-state index contributed by atoms with van der Waals surface area (Å²) in [5.74, 6) is 3.21. The summed E-state index contributed by atoms with van der Waals surface area (Å²) in [6, 6.07) is 4.61. The fourth-order valence-corrected chi connectivity index (χ4v) is 4.04. The van der Waals surface area contributed by atoms with Crippen molar-refractivity contribution < 1.29 is 4.74 Å². The van der Waals surface area contributed by atoms with Crippen molar-refractivity contribution in [2.24, 2.45) is 10.9 Å². The Balaban J connectivity index is 0.00000261. The molecule has 0 aromatic carbocycles. The number of guanidine groups is 1.